The Hall–Kier alpha value is -2.95. The molecule has 0 spiro atoms. The first-order chi connectivity index (χ1) is 11.7. The third-order valence-corrected chi connectivity index (χ3v) is 4.75. The van der Waals surface area contributed by atoms with E-state index in [0.717, 1.165) is 53.4 Å². The summed E-state index contributed by atoms with van der Waals surface area (Å²) in [5.74, 6) is 0.507. The van der Waals surface area contributed by atoms with Gasteiger partial charge in [-0.15, -0.1) is 0 Å². The Morgan fingerprint density at radius 3 is 2.50 bits per heavy atom. The molecule has 0 atom stereocenters. The summed E-state index contributed by atoms with van der Waals surface area (Å²) in [6.45, 7) is 0. The quantitative estimate of drug-likeness (QED) is 0.498. The van der Waals surface area contributed by atoms with Crippen LogP contribution in [0.2, 0.25) is 0 Å². The lowest BCUT2D eigenvalue weighted by Gasteiger charge is -2.22. The van der Waals surface area contributed by atoms with Gasteiger partial charge in [0.05, 0.1) is 11.2 Å². The largest absolute Gasteiger partial charge is 0.398 e. The smallest absolute Gasteiger partial charge is 0.123 e. The van der Waals surface area contributed by atoms with E-state index >= 15 is 0 Å². The van der Waals surface area contributed by atoms with Gasteiger partial charge in [-0.3, -0.25) is 0 Å². The van der Waals surface area contributed by atoms with E-state index in [1.165, 1.54) is 17.3 Å². The maximum Gasteiger partial charge on any atom is 0.123 e. The molecule has 4 rings (SSSR count). The maximum atomic E-state index is 7.77. The summed E-state index contributed by atoms with van der Waals surface area (Å²) in [5, 5.41) is 8.80. The van der Waals surface area contributed by atoms with Crippen molar-refractivity contribution in [2.24, 2.45) is 0 Å². The summed E-state index contributed by atoms with van der Waals surface area (Å²) in [5.41, 5.74) is 18.6. The van der Waals surface area contributed by atoms with Crippen LogP contribution < -0.4 is 11.5 Å². The zero-order chi connectivity index (χ0) is 16.7. The zero-order valence-electron chi connectivity index (χ0n) is 13.3. The lowest BCUT2D eigenvalue weighted by atomic mass is 9.85. The fourth-order valence-corrected chi connectivity index (χ4v) is 3.60. The Morgan fingerprint density at radius 2 is 1.79 bits per heavy atom. The van der Waals surface area contributed by atoms with Gasteiger partial charge >= 0.3 is 0 Å². The van der Waals surface area contributed by atoms with Crippen LogP contribution in [0.4, 0.5) is 11.5 Å². The topological polar surface area (TPSA) is 102 Å². The molecule has 5 nitrogen and oxygen atoms in total. The van der Waals surface area contributed by atoms with Crippen LogP contribution in [-0.4, -0.2) is 16.2 Å². The van der Waals surface area contributed by atoms with Crippen LogP contribution in [0.3, 0.4) is 0 Å². The summed E-state index contributed by atoms with van der Waals surface area (Å²) in [4.78, 5) is 9.11. The van der Waals surface area contributed by atoms with Crippen molar-refractivity contribution in [1.29, 1.82) is 5.41 Å². The molecule has 1 aliphatic carbocycles. The number of nitrogens with one attached hydrogen (secondary N) is 1. The fraction of sp³-hybridized carbons (Fsp3) is 0.211. The van der Waals surface area contributed by atoms with E-state index in [1.807, 2.05) is 24.3 Å². The van der Waals surface area contributed by atoms with Gasteiger partial charge in [-0.2, -0.15) is 0 Å². The van der Waals surface area contributed by atoms with E-state index in [0.29, 0.717) is 11.5 Å². The minimum absolute atomic E-state index is 0.507. The average molecular weight is 317 g/mol. The summed E-state index contributed by atoms with van der Waals surface area (Å²) < 4.78 is 0. The van der Waals surface area contributed by atoms with Crippen LogP contribution in [0.1, 0.15) is 29.5 Å². The number of nitrogens with zero attached hydrogens (tertiary/aromatic N) is 2. The second-order valence-electron chi connectivity index (χ2n) is 6.20. The molecule has 5 N–H and O–H groups in total. The second-order valence-corrected chi connectivity index (χ2v) is 6.20. The minimum atomic E-state index is 0.507. The van der Waals surface area contributed by atoms with Gasteiger partial charge in [0.15, 0.2) is 0 Å². The first-order valence-corrected chi connectivity index (χ1v) is 8.15. The lowest BCUT2D eigenvalue weighted by molar-refractivity contribution is 0.689. The number of nitrogen functional groups attached to an aromatic ring is 2. The van der Waals surface area contributed by atoms with Gasteiger partial charge in [0.1, 0.15) is 5.82 Å². The number of fused-ring (bicyclic) bond motifs is 3. The fourth-order valence-electron chi connectivity index (χ4n) is 3.60. The highest BCUT2D eigenvalue weighted by Gasteiger charge is 2.21. The summed E-state index contributed by atoms with van der Waals surface area (Å²) in [6.07, 6.45) is 7.42. The molecule has 0 saturated heterocycles. The number of anilines is 2. The van der Waals surface area contributed by atoms with Crippen LogP contribution >= 0.6 is 0 Å². The molecule has 24 heavy (non-hydrogen) atoms. The highest BCUT2D eigenvalue weighted by atomic mass is 14.8. The SMILES string of the molecule is N=Cc1c(N)ccc2nc(-c3ccc(N)nc3)c3c(c12)CCCC3. The highest BCUT2D eigenvalue weighted by molar-refractivity contribution is 6.05. The lowest BCUT2D eigenvalue weighted by Crippen LogP contribution is -2.10. The van der Waals surface area contributed by atoms with E-state index < -0.39 is 0 Å². The molecule has 0 aliphatic heterocycles. The van der Waals surface area contributed by atoms with Gasteiger partial charge in [-0.1, -0.05) is 0 Å². The maximum absolute atomic E-state index is 7.77. The third kappa shape index (κ3) is 2.21. The molecule has 5 heteroatoms. The molecule has 0 amide bonds. The van der Waals surface area contributed by atoms with Crippen molar-refractivity contribution in [3.8, 4) is 11.3 Å². The number of aromatic nitrogens is 2. The molecule has 0 radical (unpaired) electrons. The number of aryl methyl sites for hydroxylation is 1. The number of pyridine rings is 2. The summed E-state index contributed by atoms with van der Waals surface area (Å²) >= 11 is 0. The van der Waals surface area contributed by atoms with Gasteiger partial charge in [-0.25, -0.2) is 9.97 Å². The first-order valence-electron chi connectivity index (χ1n) is 8.15. The minimum Gasteiger partial charge on any atom is -0.398 e. The van der Waals surface area contributed by atoms with E-state index in [9.17, 15) is 0 Å². The van der Waals surface area contributed by atoms with E-state index in [-0.39, 0.29) is 0 Å². The van der Waals surface area contributed by atoms with E-state index in [4.69, 9.17) is 21.9 Å². The second kappa shape index (κ2) is 5.60. The van der Waals surface area contributed by atoms with Crippen molar-refractivity contribution in [1.82, 2.24) is 9.97 Å². The van der Waals surface area contributed by atoms with Crippen LogP contribution in [0.5, 0.6) is 0 Å². The zero-order valence-corrected chi connectivity index (χ0v) is 13.3. The number of nitrogens with two attached hydrogens (primary N) is 2. The molecular weight excluding hydrogens is 298 g/mol. The van der Waals surface area contributed by atoms with Crippen molar-refractivity contribution in [2.45, 2.75) is 25.7 Å². The monoisotopic (exact) mass is 317 g/mol. The number of rotatable bonds is 2. The Bertz CT molecular complexity index is 944. The van der Waals surface area contributed by atoms with Gasteiger partial charge in [0.2, 0.25) is 0 Å². The molecule has 1 aromatic carbocycles. The van der Waals surface area contributed by atoms with Crippen molar-refractivity contribution >= 4 is 28.6 Å². The van der Waals surface area contributed by atoms with Crippen LogP contribution in [-0.2, 0) is 12.8 Å². The molecule has 0 fully saturated rings. The van der Waals surface area contributed by atoms with Crippen LogP contribution in [0.15, 0.2) is 30.5 Å². The number of hydrogen-bond donors (Lipinski definition) is 3. The summed E-state index contributed by atoms with van der Waals surface area (Å²) in [6, 6.07) is 7.55. The highest BCUT2D eigenvalue weighted by Crippen LogP contribution is 2.37. The van der Waals surface area contributed by atoms with Gasteiger partial charge in [0, 0.05) is 34.6 Å². The Labute approximate surface area is 140 Å². The summed E-state index contributed by atoms with van der Waals surface area (Å²) in [7, 11) is 0. The van der Waals surface area contributed by atoms with Crippen molar-refractivity contribution in [3.05, 3.63) is 47.2 Å². The Morgan fingerprint density at radius 1 is 1.00 bits per heavy atom. The first kappa shape index (κ1) is 14.6. The Balaban J connectivity index is 2.08. The average Bonchev–Trinajstić information content (AvgIpc) is 2.62. The van der Waals surface area contributed by atoms with Crippen molar-refractivity contribution in [2.75, 3.05) is 11.5 Å². The number of hydrogen-bond acceptors (Lipinski definition) is 5. The van der Waals surface area contributed by atoms with Crippen molar-refractivity contribution in [3.63, 3.8) is 0 Å². The third-order valence-electron chi connectivity index (χ3n) is 4.75. The van der Waals surface area contributed by atoms with Gasteiger partial charge in [0.25, 0.3) is 0 Å². The normalized spacial score (nSPS) is 13.7. The molecule has 3 aromatic rings. The van der Waals surface area contributed by atoms with Crippen LogP contribution in [0, 0.1) is 5.41 Å². The van der Waals surface area contributed by atoms with Crippen LogP contribution in [0.25, 0.3) is 22.2 Å². The molecule has 0 saturated carbocycles. The predicted octanol–water partition coefficient (Wildman–Crippen LogP) is 3.34. The molecule has 1 aliphatic rings. The van der Waals surface area contributed by atoms with E-state index in [1.54, 1.807) is 6.20 Å². The molecule has 2 aromatic heterocycles. The standard InChI is InChI=1S/C19H19N5/c20-9-14-15(21)6-7-16-18(14)12-3-1-2-4-13(12)19(24-16)11-5-8-17(22)23-10-11/h5-10,20H,1-4,21H2,(H2,22,23). The Kier molecular flexibility index (Phi) is 3.41. The molecular formula is C19H19N5. The van der Waals surface area contributed by atoms with Gasteiger partial charge < -0.3 is 16.9 Å². The number of benzene rings is 1. The molecule has 0 bridgehead atoms. The van der Waals surface area contributed by atoms with Crippen molar-refractivity contribution < 1.29 is 0 Å². The molecule has 2 heterocycles. The van der Waals surface area contributed by atoms with E-state index in [2.05, 4.69) is 4.98 Å². The predicted molar refractivity (Wildman–Crippen MR) is 98.3 cm³/mol. The van der Waals surface area contributed by atoms with Gasteiger partial charge in [-0.05, 0) is 61.1 Å². The molecule has 120 valence electrons. The molecule has 0 unspecified atom stereocenters.